The Kier molecular flexibility index (Phi) is 7.79. The molecule has 1 aromatic carbocycles. The molecule has 0 aromatic heterocycles. The Bertz CT molecular complexity index is 549. The van der Waals surface area contributed by atoms with Gasteiger partial charge in [0.15, 0.2) is 8.32 Å². The lowest BCUT2D eigenvalue weighted by atomic mass is 9.64. The zero-order valence-electron chi connectivity index (χ0n) is 17.6. The molecule has 0 bridgehead atoms. The molecule has 1 aliphatic rings. The summed E-state index contributed by atoms with van der Waals surface area (Å²) in [5.41, 5.74) is 2.96. The molecule has 0 heterocycles. The molecule has 1 fully saturated rings. The number of aryl methyl sites for hydroxylation is 1. The van der Waals surface area contributed by atoms with E-state index in [1.807, 2.05) is 12.1 Å². The quantitative estimate of drug-likeness (QED) is 0.443. The Morgan fingerprint density at radius 2 is 1.81 bits per heavy atom. The van der Waals surface area contributed by atoms with E-state index in [-0.39, 0.29) is 6.10 Å². The van der Waals surface area contributed by atoms with Gasteiger partial charge in [0.1, 0.15) is 0 Å². The van der Waals surface area contributed by atoms with E-state index in [1.54, 1.807) is 0 Å². The molecule has 1 aliphatic carbocycles. The molecule has 1 atom stereocenters. The number of benzene rings is 1. The largest absolute Gasteiger partial charge is 0.409 e. The zero-order valence-corrected chi connectivity index (χ0v) is 19.4. The summed E-state index contributed by atoms with van der Waals surface area (Å²) in [6, 6.07) is 9.68. The molecule has 0 spiro atoms. The summed E-state index contributed by atoms with van der Waals surface area (Å²) in [4.78, 5) is 0. The molecule has 0 aliphatic heterocycles. The van der Waals surface area contributed by atoms with Crippen molar-refractivity contribution in [1.82, 2.24) is 5.32 Å². The third-order valence-electron chi connectivity index (χ3n) is 6.36. The third kappa shape index (κ3) is 5.34. The van der Waals surface area contributed by atoms with Crippen molar-refractivity contribution in [2.75, 3.05) is 13.1 Å². The molecule has 2 rings (SSSR count). The summed E-state index contributed by atoms with van der Waals surface area (Å²) in [5.74, 6) is 0.809. The van der Waals surface area contributed by atoms with Gasteiger partial charge in [-0.1, -0.05) is 58.4 Å². The van der Waals surface area contributed by atoms with Crippen LogP contribution in [-0.2, 0) is 4.43 Å². The number of hydrogen-bond acceptors (Lipinski definition) is 2. The van der Waals surface area contributed by atoms with Gasteiger partial charge in [-0.05, 0) is 67.4 Å². The highest BCUT2D eigenvalue weighted by molar-refractivity contribution is 6.73. The number of halogens is 1. The zero-order chi connectivity index (χ0) is 19.4. The molecule has 0 saturated heterocycles. The van der Waals surface area contributed by atoms with E-state index in [0.29, 0.717) is 5.41 Å². The Hall–Kier alpha value is -0.353. The summed E-state index contributed by atoms with van der Waals surface area (Å²) in [6.45, 7) is 15.7. The summed E-state index contributed by atoms with van der Waals surface area (Å²) < 4.78 is 6.90. The van der Waals surface area contributed by atoms with Gasteiger partial charge in [0.25, 0.3) is 0 Å². The highest BCUT2D eigenvalue weighted by Gasteiger charge is 2.36. The van der Waals surface area contributed by atoms with Gasteiger partial charge in [-0.25, -0.2) is 0 Å². The topological polar surface area (TPSA) is 21.3 Å². The van der Waals surface area contributed by atoms with E-state index < -0.39 is 8.32 Å². The predicted octanol–water partition coefficient (Wildman–Crippen LogP) is 6.74. The first-order chi connectivity index (χ1) is 12.3. The van der Waals surface area contributed by atoms with E-state index in [9.17, 15) is 0 Å². The Labute approximate surface area is 167 Å². The molecule has 0 amide bonds. The van der Waals surface area contributed by atoms with Gasteiger partial charge >= 0.3 is 0 Å². The van der Waals surface area contributed by atoms with E-state index in [0.717, 1.165) is 42.2 Å². The van der Waals surface area contributed by atoms with Crippen molar-refractivity contribution in [2.24, 2.45) is 11.3 Å². The first-order valence-corrected chi connectivity index (χ1v) is 13.3. The lowest BCUT2D eigenvalue weighted by Gasteiger charge is -2.43. The maximum Gasteiger partial charge on any atom is 0.192 e. The van der Waals surface area contributed by atoms with Crippen LogP contribution in [0.15, 0.2) is 18.2 Å². The Morgan fingerprint density at radius 3 is 2.31 bits per heavy atom. The third-order valence-corrected chi connectivity index (χ3v) is 11.3. The van der Waals surface area contributed by atoms with Crippen LogP contribution in [0.25, 0.3) is 0 Å². The lowest BCUT2D eigenvalue weighted by Crippen LogP contribution is -2.42. The van der Waals surface area contributed by atoms with Crippen molar-refractivity contribution in [3.8, 4) is 0 Å². The fourth-order valence-corrected chi connectivity index (χ4v) is 7.77. The monoisotopic (exact) mass is 395 g/mol. The summed E-state index contributed by atoms with van der Waals surface area (Å²) in [5, 5.41) is 4.55. The highest BCUT2D eigenvalue weighted by atomic mass is 35.5. The predicted molar refractivity (Wildman–Crippen MR) is 117 cm³/mol. The molecule has 0 radical (unpaired) electrons. The molecule has 1 unspecified atom stereocenters. The molecule has 1 saturated carbocycles. The number of hydrogen-bond donors (Lipinski definition) is 1. The maximum absolute atomic E-state index is 6.90. The van der Waals surface area contributed by atoms with Gasteiger partial charge in [-0.3, -0.25) is 0 Å². The van der Waals surface area contributed by atoms with Crippen molar-refractivity contribution >= 4 is 19.9 Å². The van der Waals surface area contributed by atoms with Gasteiger partial charge in [-0.2, -0.15) is 0 Å². The summed E-state index contributed by atoms with van der Waals surface area (Å²) in [7, 11) is -1.70. The minimum atomic E-state index is -1.70. The number of rotatable bonds is 10. The van der Waals surface area contributed by atoms with Crippen molar-refractivity contribution < 1.29 is 4.43 Å². The average molecular weight is 396 g/mol. The first-order valence-electron chi connectivity index (χ1n) is 10.4. The molecule has 1 N–H and O–H groups in total. The summed E-state index contributed by atoms with van der Waals surface area (Å²) in [6.07, 6.45) is 2.71. The van der Waals surface area contributed by atoms with E-state index >= 15 is 0 Å². The average Bonchev–Trinajstić information content (AvgIpc) is 2.57. The minimum absolute atomic E-state index is 0.0586. The summed E-state index contributed by atoms with van der Waals surface area (Å²) >= 11 is 6.61. The number of nitrogens with one attached hydrogen (secondary N) is 1. The van der Waals surface area contributed by atoms with Crippen molar-refractivity contribution in [3.63, 3.8) is 0 Å². The van der Waals surface area contributed by atoms with Crippen LogP contribution in [0.3, 0.4) is 0 Å². The van der Waals surface area contributed by atoms with Crippen molar-refractivity contribution in [2.45, 2.75) is 78.6 Å². The van der Waals surface area contributed by atoms with Crippen LogP contribution in [0.5, 0.6) is 0 Å². The van der Waals surface area contributed by atoms with Crippen LogP contribution < -0.4 is 5.32 Å². The Balaban J connectivity index is 2.11. The molecular formula is C22H38ClNOSi. The van der Waals surface area contributed by atoms with Crippen LogP contribution in [-0.4, -0.2) is 21.4 Å². The molecule has 26 heavy (non-hydrogen) atoms. The second kappa shape index (κ2) is 9.23. The standard InChI is InChI=1S/C22H38ClNOSi/c1-7-26(8-2,9-3)25-20(21-17(4)11-10-12-19(21)23)16-24-15-18-13-22(5,6)14-18/h10-12,18,20,24H,7-9,13-16H2,1-6H3. The maximum atomic E-state index is 6.90. The lowest BCUT2D eigenvalue weighted by molar-refractivity contribution is 0.0915. The van der Waals surface area contributed by atoms with Gasteiger partial charge in [-0.15, -0.1) is 0 Å². The van der Waals surface area contributed by atoms with Gasteiger partial charge < -0.3 is 9.74 Å². The normalized spacial score (nSPS) is 18.6. The second-order valence-electron chi connectivity index (χ2n) is 8.92. The van der Waals surface area contributed by atoms with Crippen molar-refractivity contribution in [3.05, 3.63) is 34.3 Å². The SMILES string of the molecule is CC[Si](CC)(CC)OC(CNCC1CC(C)(C)C1)c1c(C)cccc1Cl. The van der Waals surface area contributed by atoms with E-state index in [4.69, 9.17) is 16.0 Å². The van der Waals surface area contributed by atoms with Crippen LogP contribution in [0, 0.1) is 18.3 Å². The fourth-order valence-electron chi connectivity index (χ4n) is 4.62. The molecule has 1 aromatic rings. The Morgan fingerprint density at radius 1 is 1.19 bits per heavy atom. The smallest absolute Gasteiger partial charge is 0.192 e. The van der Waals surface area contributed by atoms with Gasteiger partial charge in [0, 0.05) is 17.1 Å². The fraction of sp³-hybridized carbons (Fsp3) is 0.727. The molecular weight excluding hydrogens is 358 g/mol. The second-order valence-corrected chi connectivity index (χ2v) is 14.0. The van der Waals surface area contributed by atoms with Gasteiger partial charge in [0.05, 0.1) is 6.10 Å². The van der Waals surface area contributed by atoms with Gasteiger partial charge in [0.2, 0.25) is 0 Å². The molecule has 148 valence electrons. The van der Waals surface area contributed by atoms with E-state index in [1.165, 1.54) is 24.0 Å². The highest BCUT2D eigenvalue weighted by Crippen LogP contribution is 2.44. The minimum Gasteiger partial charge on any atom is -0.409 e. The van der Waals surface area contributed by atoms with Crippen LogP contribution >= 0.6 is 11.6 Å². The molecule has 4 heteroatoms. The van der Waals surface area contributed by atoms with Crippen LogP contribution in [0.1, 0.15) is 64.7 Å². The van der Waals surface area contributed by atoms with Crippen LogP contribution in [0.2, 0.25) is 23.2 Å². The van der Waals surface area contributed by atoms with Crippen LogP contribution in [0.4, 0.5) is 0 Å². The first kappa shape index (κ1) is 21.9. The van der Waals surface area contributed by atoms with Crippen molar-refractivity contribution in [1.29, 1.82) is 0 Å². The molecule has 2 nitrogen and oxygen atoms in total. The van der Waals surface area contributed by atoms with E-state index in [2.05, 4.69) is 52.9 Å².